The van der Waals surface area contributed by atoms with E-state index in [1.165, 1.54) is 44.8 Å². The zero-order valence-electron chi connectivity index (χ0n) is 21.2. The summed E-state index contributed by atoms with van der Waals surface area (Å²) in [5, 5.41) is 0. The van der Waals surface area contributed by atoms with Gasteiger partial charge in [-0.2, -0.15) is 0 Å². The minimum atomic E-state index is 0.147. The quantitative estimate of drug-likeness (QED) is 0.290. The largest absolute Gasteiger partial charge is 0.378 e. The molecule has 3 aromatic carbocycles. The lowest BCUT2D eigenvalue weighted by Crippen LogP contribution is -2.31. The van der Waals surface area contributed by atoms with Crippen LogP contribution < -0.4 is 9.47 Å². The fourth-order valence-corrected chi connectivity index (χ4v) is 4.16. The van der Waals surface area contributed by atoms with Crippen LogP contribution in [0.1, 0.15) is 37.5 Å². The molecular weight excluding hydrogens is 412 g/mol. The molecule has 0 N–H and O–H groups in total. The Morgan fingerprint density at radius 1 is 0.735 bits per heavy atom. The summed E-state index contributed by atoms with van der Waals surface area (Å²) in [6.45, 7) is 6.76. The smallest absolute Gasteiger partial charge is 0.212 e. The Balaban J connectivity index is 1.77. The van der Waals surface area contributed by atoms with E-state index in [2.05, 4.69) is 155 Å². The first-order valence-corrected chi connectivity index (χ1v) is 11.9. The number of aromatic nitrogens is 1. The molecule has 1 aromatic heterocycles. The van der Waals surface area contributed by atoms with Gasteiger partial charge >= 0.3 is 0 Å². The van der Waals surface area contributed by atoms with Gasteiger partial charge in [-0.05, 0) is 51.9 Å². The van der Waals surface area contributed by atoms with Crippen LogP contribution in [0.5, 0.6) is 0 Å². The molecule has 0 bridgehead atoms. The lowest BCUT2D eigenvalue weighted by Gasteiger charge is -2.19. The zero-order valence-corrected chi connectivity index (χ0v) is 21.2. The minimum Gasteiger partial charge on any atom is -0.378 e. The second kappa shape index (κ2) is 9.69. The number of aryl methyl sites for hydroxylation is 1. The van der Waals surface area contributed by atoms with E-state index in [1.807, 2.05) is 0 Å². The summed E-state index contributed by atoms with van der Waals surface area (Å²) in [7, 11) is 6.26. The third kappa shape index (κ3) is 5.28. The second-order valence-corrected chi connectivity index (χ2v) is 10.2. The summed E-state index contributed by atoms with van der Waals surface area (Å²) in [4.78, 5) is 2.12. The predicted molar refractivity (Wildman–Crippen MR) is 147 cm³/mol. The Bertz CT molecular complexity index is 1270. The molecule has 2 nitrogen and oxygen atoms in total. The molecular formula is C32H35N2+. The van der Waals surface area contributed by atoms with Crippen molar-refractivity contribution in [3.8, 4) is 22.4 Å². The average molecular weight is 448 g/mol. The maximum Gasteiger partial charge on any atom is 0.212 e. The maximum atomic E-state index is 2.30. The van der Waals surface area contributed by atoms with Crippen LogP contribution in [0.2, 0.25) is 0 Å². The number of hydrogen-bond donors (Lipinski definition) is 0. The van der Waals surface area contributed by atoms with Gasteiger partial charge in [-0.1, -0.05) is 87.5 Å². The normalized spacial score (nSPS) is 11.7. The average Bonchev–Trinajstić information content (AvgIpc) is 2.83. The SMILES string of the molecule is CN(C)c1ccc(/C=C/c2cc(-c3ccc(C(C)(C)C)cc3)[n+](C)cc2-c2ccccc2)cc1. The standard InChI is InChI=1S/C32H35N2/c1-32(2,3)28-18-16-26(17-19-28)31-22-27(15-12-24-13-20-29(21-14-24)33(4)5)30(23-34(31)6)25-10-8-7-9-11-25/h7-23H,1-6H3/q+1. The van der Waals surface area contributed by atoms with Crippen LogP contribution in [-0.4, -0.2) is 14.1 Å². The van der Waals surface area contributed by atoms with Gasteiger partial charge in [0, 0.05) is 31.4 Å². The summed E-state index contributed by atoms with van der Waals surface area (Å²) < 4.78 is 2.23. The van der Waals surface area contributed by atoms with E-state index < -0.39 is 0 Å². The van der Waals surface area contributed by atoms with E-state index >= 15 is 0 Å². The number of pyridine rings is 1. The molecule has 2 heteroatoms. The molecule has 0 radical (unpaired) electrons. The second-order valence-electron chi connectivity index (χ2n) is 10.2. The summed E-state index contributed by atoms with van der Waals surface area (Å²) in [5.74, 6) is 0. The van der Waals surface area contributed by atoms with Crippen LogP contribution in [0.4, 0.5) is 5.69 Å². The van der Waals surface area contributed by atoms with Crippen molar-refractivity contribution in [2.24, 2.45) is 7.05 Å². The van der Waals surface area contributed by atoms with Crippen molar-refractivity contribution in [2.45, 2.75) is 26.2 Å². The Kier molecular flexibility index (Phi) is 6.70. The van der Waals surface area contributed by atoms with Gasteiger partial charge in [-0.3, -0.25) is 0 Å². The Morgan fingerprint density at radius 2 is 1.38 bits per heavy atom. The first-order chi connectivity index (χ1) is 16.2. The first kappa shape index (κ1) is 23.5. The molecule has 0 amide bonds. The summed E-state index contributed by atoms with van der Waals surface area (Å²) in [5.41, 5.74) is 9.95. The monoisotopic (exact) mass is 447 g/mol. The van der Waals surface area contributed by atoms with E-state index in [0.717, 1.165) is 0 Å². The summed E-state index contributed by atoms with van der Waals surface area (Å²) in [6, 6.07) is 30.6. The third-order valence-corrected chi connectivity index (χ3v) is 6.30. The van der Waals surface area contributed by atoms with Crippen molar-refractivity contribution in [3.05, 3.63) is 108 Å². The van der Waals surface area contributed by atoms with Crippen molar-refractivity contribution < 1.29 is 4.57 Å². The molecule has 4 aromatic rings. The minimum absolute atomic E-state index is 0.147. The molecule has 0 aliphatic carbocycles. The van der Waals surface area contributed by atoms with Gasteiger partial charge in [0.25, 0.3) is 0 Å². The Hall–Kier alpha value is -3.65. The van der Waals surface area contributed by atoms with Gasteiger partial charge < -0.3 is 4.90 Å². The molecule has 0 fully saturated rings. The van der Waals surface area contributed by atoms with Gasteiger partial charge in [0.05, 0.1) is 5.56 Å². The zero-order chi connectivity index (χ0) is 24.3. The topological polar surface area (TPSA) is 7.12 Å². The molecule has 0 spiro atoms. The van der Waals surface area contributed by atoms with E-state index in [4.69, 9.17) is 0 Å². The Labute approximate surface area is 204 Å². The Morgan fingerprint density at radius 3 is 1.97 bits per heavy atom. The van der Waals surface area contributed by atoms with Gasteiger partial charge in [0.1, 0.15) is 7.05 Å². The van der Waals surface area contributed by atoms with Gasteiger partial charge in [-0.25, -0.2) is 4.57 Å². The van der Waals surface area contributed by atoms with Crippen LogP contribution in [-0.2, 0) is 12.5 Å². The van der Waals surface area contributed by atoms with Crippen molar-refractivity contribution in [3.63, 3.8) is 0 Å². The van der Waals surface area contributed by atoms with Crippen molar-refractivity contribution >= 4 is 17.8 Å². The molecule has 0 aliphatic rings. The van der Waals surface area contributed by atoms with E-state index in [9.17, 15) is 0 Å². The molecule has 1 heterocycles. The molecule has 0 atom stereocenters. The number of nitrogens with zero attached hydrogens (tertiary/aromatic N) is 2. The van der Waals surface area contributed by atoms with Crippen LogP contribution in [0.25, 0.3) is 34.5 Å². The van der Waals surface area contributed by atoms with Crippen LogP contribution in [0.15, 0.2) is 91.1 Å². The van der Waals surface area contributed by atoms with Crippen LogP contribution >= 0.6 is 0 Å². The number of hydrogen-bond acceptors (Lipinski definition) is 1. The first-order valence-electron chi connectivity index (χ1n) is 11.9. The highest BCUT2D eigenvalue weighted by molar-refractivity contribution is 5.82. The summed E-state index contributed by atoms with van der Waals surface area (Å²) >= 11 is 0. The summed E-state index contributed by atoms with van der Waals surface area (Å²) in [6.07, 6.45) is 6.69. The van der Waals surface area contributed by atoms with E-state index in [-0.39, 0.29) is 5.41 Å². The molecule has 0 unspecified atom stereocenters. The number of rotatable bonds is 5. The fraction of sp³-hybridized carbons (Fsp3) is 0.219. The van der Waals surface area contributed by atoms with Crippen LogP contribution in [0.3, 0.4) is 0 Å². The molecule has 172 valence electrons. The van der Waals surface area contributed by atoms with Crippen molar-refractivity contribution in [1.29, 1.82) is 0 Å². The van der Waals surface area contributed by atoms with Gasteiger partial charge in [-0.15, -0.1) is 0 Å². The van der Waals surface area contributed by atoms with E-state index in [1.54, 1.807) is 0 Å². The van der Waals surface area contributed by atoms with Gasteiger partial charge in [0.2, 0.25) is 5.69 Å². The molecule has 0 saturated carbocycles. The molecule has 34 heavy (non-hydrogen) atoms. The van der Waals surface area contributed by atoms with E-state index in [0.29, 0.717) is 0 Å². The highest BCUT2D eigenvalue weighted by Crippen LogP contribution is 2.29. The third-order valence-electron chi connectivity index (χ3n) is 6.30. The molecule has 0 aliphatic heterocycles. The molecule has 0 saturated heterocycles. The van der Waals surface area contributed by atoms with Crippen molar-refractivity contribution in [1.82, 2.24) is 0 Å². The lowest BCUT2D eigenvalue weighted by atomic mass is 9.86. The van der Waals surface area contributed by atoms with Gasteiger partial charge in [0.15, 0.2) is 6.20 Å². The van der Waals surface area contributed by atoms with Crippen molar-refractivity contribution in [2.75, 3.05) is 19.0 Å². The highest BCUT2D eigenvalue weighted by atomic mass is 15.1. The number of anilines is 1. The van der Waals surface area contributed by atoms with Crippen LogP contribution in [0, 0.1) is 0 Å². The maximum absolute atomic E-state index is 2.30. The predicted octanol–water partition coefficient (Wildman–Crippen LogP) is 7.38. The fourth-order valence-electron chi connectivity index (χ4n) is 4.16. The lowest BCUT2D eigenvalue weighted by molar-refractivity contribution is -0.659. The number of benzene rings is 3. The highest BCUT2D eigenvalue weighted by Gasteiger charge is 2.18. The molecule has 4 rings (SSSR count).